The number of rotatable bonds is 2. The Bertz CT molecular complexity index is 789. The molecule has 1 aromatic carbocycles. The molecule has 3 rings (SSSR count). The minimum atomic E-state index is -0.976. The molecule has 1 fully saturated rings. The average molecular weight is 342 g/mol. The fourth-order valence-electron chi connectivity index (χ4n) is 4.71. The van der Waals surface area contributed by atoms with Gasteiger partial charge < -0.3 is 9.84 Å². The summed E-state index contributed by atoms with van der Waals surface area (Å²) in [7, 11) is 1.35. The Kier molecular flexibility index (Phi) is 4.05. The summed E-state index contributed by atoms with van der Waals surface area (Å²) in [5.74, 6) is -0.759. The summed E-state index contributed by atoms with van der Waals surface area (Å²) in [6.07, 6.45) is 2.19. The van der Waals surface area contributed by atoms with Gasteiger partial charge in [-0.3, -0.25) is 9.59 Å². The lowest BCUT2D eigenvalue weighted by atomic mass is 9.54. The van der Waals surface area contributed by atoms with Crippen LogP contribution in [0, 0.1) is 5.41 Å². The second-order valence-corrected chi connectivity index (χ2v) is 8.02. The predicted molar refractivity (Wildman–Crippen MR) is 95.8 cm³/mol. The number of allylic oxidation sites excluding steroid dienone is 1. The molecule has 2 aliphatic carbocycles. The van der Waals surface area contributed by atoms with Crippen LogP contribution >= 0.6 is 0 Å². The molecule has 4 nitrogen and oxygen atoms in total. The van der Waals surface area contributed by atoms with Gasteiger partial charge in [0.2, 0.25) is 5.78 Å². The summed E-state index contributed by atoms with van der Waals surface area (Å²) < 4.78 is 5.01. The Labute approximate surface area is 148 Å². The zero-order chi connectivity index (χ0) is 18.6. The van der Waals surface area contributed by atoms with Crippen LogP contribution in [0.15, 0.2) is 29.5 Å². The number of ether oxygens (including phenoxy) is 1. The number of hydrogen-bond acceptors (Lipinski definition) is 4. The highest BCUT2D eigenvalue weighted by molar-refractivity contribution is 6.11. The first-order valence-corrected chi connectivity index (χ1v) is 8.88. The highest BCUT2D eigenvalue weighted by Crippen LogP contribution is 2.56. The molecule has 0 radical (unpaired) electrons. The van der Waals surface area contributed by atoms with E-state index >= 15 is 0 Å². The Morgan fingerprint density at radius 1 is 1.24 bits per heavy atom. The Balaban J connectivity index is 2.27. The van der Waals surface area contributed by atoms with E-state index in [-0.39, 0.29) is 11.5 Å². The monoisotopic (exact) mass is 342 g/mol. The lowest BCUT2D eigenvalue weighted by Gasteiger charge is -2.48. The second-order valence-electron chi connectivity index (χ2n) is 8.02. The van der Waals surface area contributed by atoms with E-state index in [1.54, 1.807) is 6.92 Å². The first kappa shape index (κ1) is 17.7. The van der Waals surface area contributed by atoms with Crippen LogP contribution in [-0.2, 0) is 14.9 Å². The standard InChI is InChI=1S/C21H26O4/c1-12(2)13-7-8-15-14(11-13)16(22)17(23)18-20(15,3)9-6-10-21(18,4)19(24)25-5/h7-8,11-12,23H,6,9-10H2,1-5H3/t20-,21-/m1/s1. The van der Waals surface area contributed by atoms with Crippen molar-refractivity contribution in [3.8, 4) is 0 Å². The van der Waals surface area contributed by atoms with Crippen LogP contribution in [0.4, 0.5) is 0 Å². The molecule has 0 heterocycles. The Morgan fingerprint density at radius 3 is 2.52 bits per heavy atom. The van der Waals surface area contributed by atoms with E-state index < -0.39 is 16.8 Å². The van der Waals surface area contributed by atoms with Crippen LogP contribution in [0.5, 0.6) is 0 Å². The van der Waals surface area contributed by atoms with E-state index in [2.05, 4.69) is 13.8 Å². The maximum atomic E-state index is 12.9. The molecule has 25 heavy (non-hydrogen) atoms. The topological polar surface area (TPSA) is 63.6 Å². The number of methoxy groups -OCH3 is 1. The SMILES string of the molecule is COC(=O)[C@]1(C)CCC[C@@]2(C)C1=C(O)C(=O)c1cc(C(C)C)ccc12. The van der Waals surface area contributed by atoms with Crippen molar-refractivity contribution in [2.75, 3.05) is 7.11 Å². The summed E-state index contributed by atoms with van der Waals surface area (Å²) >= 11 is 0. The number of benzene rings is 1. The van der Waals surface area contributed by atoms with Crippen molar-refractivity contribution in [3.63, 3.8) is 0 Å². The van der Waals surface area contributed by atoms with Gasteiger partial charge in [-0.15, -0.1) is 0 Å². The molecule has 134 valence electrons. The van der Waals surface area contributed by atoms with E-state index in [0.717, 1.165) is 24.0 Å². The minimum absolute atomic E-state index is 0.275. The zero-order valence-corrected chi connectivity index (χ0v) is 15.6. The molecule has 0 amide bonds. The van der Waals surface area contributed by atoms with E-state index in [1.165, 1.54) is 7.11 Å². The fraction of sp³-hybridized carbons (Fsp3) is 0.524. The average Bonchev–Trinajstić information content (AvgIpc) is 2.58. The van der Waals surface area contributed by atoms with Gasteiger partial charge in [-0.05, 0) is 42.9 Å². The van der Waals surface area contributed by atoms with Gasteiger partial charge in [0.15, 0.2) is 5.76 Å². The Morgan fingerprint density at radius 2 is 1.92 bits per heavy atom. The van der Waals surface area contributed by atoms with Gasteiger partial charge >= 0.3 is 5.97 Å². The second kappa shape index (κ2) is 5.72. The van der Waals surface area contributed by atoms with E-state index in [9.17, 15) is 14.7 Å². The largest absolute Gasteiger partial charge is 0.504 e. The smallest absolute Gasteiger partial charge is 0.315 e. The molecule has 1 N–H and O–H groups in total. The molecule has 1 saturated carbocycles. The van der Waals surface area contributed by atoms with E-state index in [4.69, 9.17) is 4.74 Å². The quantitative estimate of drug-likeness (QED) is 0.807. The number of esters is 1. The third-order valence-corrected chi connectivity index (χ3v) is 6.09. The van der Waals surface area contributed by atoms with Crippen molar-refractivity contribution in [1.82, 2.24) is 0 Å². The minimum Gasteiger partial charge on any atom is -0.504 e. The third-order valence-electron chi connectivity index (χ3n) is 6.09. The maximum Gasteiger partial charge on any atom is 0.315 e. The summed E-state index contributed by atoms with van der Waals surface area (Å²) in [5, 5.41) is 10.8. The molecule has 0 aromatic heterocycles. The number of ketones is 1. The van der Waals surface area contributed by atoms with Crippen molar-refractivity contribution in [3.05, 3.63) is 46.2 Å². The predicted octanol–water partition coefficient (Wildman–Crippen LogP) is 4.44. The number of aliphatic hydroxyl groups is 1. The van der Waals surface area contributed by atoms with E-state index in [1.807, 2.05) is 25.1 Å². The highest BCUT2D eigenvalue weighted by atomic mass is 16.5. The molecular weight excluding hydrogens is 316 g/mol. The Hall–Kier alpha value is -2.10. The molecular formula is C21H26O4. The number of Topliss-reactive ketones (excluding diaryl/α,β-unsaturated/α-hetero) is 1. The van der Waals surface area contributed by atoms with Crippen molar-refractivity contribution in [2.24, 2.45) is 5.41 Å². The molecule has 2 aliphatic rings. The molecule has 0 unspecified atom stereocenters. The number of aliphatic hydroxyl groups excluding tert-OH is 1. The van der Waals surface area contributed by atoms with Crippen molar-refractivity contribution < 1.29 is 19.4 Å². The summed E-state index contributed by atoms with van der Waals surface area (Å²) in [5.41, 5.74) is 1.54. The van der Waals surface area contributed by atoms with Gasteiger partial charge in [0.1, 0.15) is 0 Å². The highest BCUT2D eigenvalue weighted by Gasteiger charge is 2.55. The first-order valence-electron chi connectivity index (χ1n) is 8.88. The maximum absolute atomic E-state index is 12.9. The van der Waals surface area contributed by atoms with Crippen LogP contribution in [0.1, 0.15) is 74.4 Å². The summed E-state index contributed by atoms with van der Waals surface area (Å²) in [4.78, 5) is 25.4. The fourth-order valence-corrected chi connectivity index (χ4v) is 4.71. The zero-order valence-electron chi connectivity index (χ0n) is 15.6. The van der Waals surface area contributed by atoms with Gasteiger partial charge in [0, 0.05) is 16.6 Å². The summed E-state index contributed by atoms with van der Waals surface area (Å²) in [6.45, 7) is 7.96. The molecule has 0 aliphatic heterocycles. The van der Waals surface area contributed by atoms with Gasteiger partial charge in [0.25, 0.3) is 0 Å². The van der Waals surface area contributed by atoms with Gasteiger partial charge in [-0.1, -0.05) is 39.3 Å². The van der Waals surface area contributed by atoms with E-state index in [0.29, 0.717) is 23.5 Å². The summed E-state index contributed by atoms with van der Waals surface area (Å²) in [6, 6.07) is 5.94. The molecule has 0 saturated heterocycles. The van der Waals surface area contributed by atoms with Gasteiger partial charge in [-0.25, -0.2) is 0 Å². The van der Waals surface area contributed by atoms with Crippen LogP contribution in [-0.4, -0.2) is 24.0 Å². The van der Waals surface area contributed by atoms with Gasteiger partial charge in [-0.2, -0.15) is 0 Å². The number of carbonyl (C=O) groups excluding carboxylic acids is 2. The molecule has 0 bridgehead atoms. The third kappa shape index (κ3) is 2.34. The normalized spacial score (nSPS) is 28.6. The van der Waals surface area contributed by atoms with Gasteiger partial charge in [0.05, 0.1) is 12.5 Å². The molecule has 1 aromatic rings. The van der Waals surface area contributed by atoms with Crippen molar-refractivity contribution >= 4 is 11.8 Å². The van der Waals surface area contributed by atoms with Crippen molar-refractivity contribution in [1.29, 1.82) is 0 Å². The van der Waals surface area contributed by atoms with Crippen LogP contribution in [0.25, 0.3) is 0 Å². The molecule has 0 spiro atoms. The van der Waals surface area contributed by atoms with Crippen LogP contribution < -0.4 is 0 Å². The number of carbonyl (C=O) groups is 2. The van der Waals surface area contributed by atoms with Crippen LogP contribution in [0.3, 0.4) is 0 Å². The first-order chi connectivity index (χ1) is 11.7. The number of hydrogen-bond donors (Lipinski definition) is 1. The molecule has 2 atom stereocenters. The number of fused-ring (bicyclic) bond motifs is 3. The lowest BCUT2D eigenvalue weighted by molar-refractivity contribution is -0.151. The lowest BCUT2D eigenvalue weighted by Crippen LogP contribution is -2.48. The van der Waals surface area contributed by atoms with Crippen LogP contribution in [0.2, 0.25) is 0 Å². The molecule has 4 heteroatoms. The van der Waals surface area contributed by atoms with Crippen molar-refractivity contribution in [2.45, 2.75) is 58.3 Å².